The highest BCUT2D eigenvalue weighted by atomic mass is 16.5. The third-order valence-corrected chi connectivity index (χ3v) is 8.58. The van der Waals surface area contributed by atoms with Crippen LogP contribution in [0.15, 0.2) is 107 Å². The normalized spacial score (nSPS) is 11.4. The number of carbonyl (C=O) groups excluding carboxylic acids is 1. The molecule has 254 valence electrons. The van der Waals surface area contributed by atoms with Crippen LogP contribution >= 0.6 is 0 Å². The molecule has 0 radical (unpaired) electrons. The molecule has 0 aliphatic carbocycles. The van der Waals surface area contributed by atoms with Crippen molar-refractivity contribution in [3.63, 3.8) is 0 Å². The van der Waals surface area contributed by atoms with Gasteiger partial charge in [0.15, 0.2) is 12.4 Å². The third-order valence-electron chi connectivity index (χ3n) is 8.58. The van der Waals surface area contributed by atoms with E-state index in [2.05, 4.69) is 29.8 Å². The lowest BCUT2D eigenvalue weighted by Gasteiger charge is -2.18. The molecular weight excluding hydrogens is 626 g/mol. The largest absolute Gasteiger partial charge is 0.494 e. The molecule has 0 aliphatic rings. The van der Waals surface area contributed by atoms with Crippen molar-refractivity contribution in [1.82, 2.24) is 14.2 Å². The Morgan fingerprint density at radius 3 is 2.36 bits per heavy atom. The van der Waals surface area contributed by atoms with Gasteiger partial charge < -0.3 is 19.4 Å². The van der Waals surface area contributed by atoms with Gasteiger partial charge in [-0.1, -0.05) is 44.2 Å². The number of amides is 1. The van der Waals surface area contributed by atoms with Crippen LogP contribution in [0.1, 0.15) is 54.8 Å². The van der Waals surface area contributed by atoms with E-state index in [9.17, 15) is 9.59 Å². The molecule has 9 nitrogen and oxygen atoms in total. The van der Waals surface area contributed by atoms with Gasteiger partial charge in [0.05, 0.1) is 23.7 Å². The first-order valence-corrected chi connectivity index (χ1v) is 16.8. The van der Waals surface area contributed by atoms with Crippen molar-refractivity contribution in [2.45, 2.75) is 47.5 Å². The summed E-state index contributed by atoms with van der Waals surface area (Å²) >= 11 is 0. The predicted octanol–water partition coefficient (Wildman–Crippen LogP) is 8.20. The van der Waals surface area contributed by atoms with Gasteiger partial charge in [-0.05, 0) is 111 Å². The Kier molecular flexibility index (Phi) is 9.94. The zero-order valence-corrected chi connectivity index (χ0v) is 29.2. The quantitative estimate of drug-likeness (QED) is 0.141. The Labute approximate surface area is 291 Å². The Bertz CT molecular complexity index is 2250. The number of fused-ring (bicyclic) bond motifs is 1. The summed E-state index contributed by atoms with van der Waals surface area (Å²) in [5.41, 5.74) is 7.62. The molecule has 6 rings (SSSR count). The highest BCUT2D eigenvalue weighted by molar-refractivity contribution is 5.91. The van der Waals surface area contributed by atoms with Crippen LogP contribution in [0.2, 0.25) is 0 Å². The number of anilines is 1. The molecule has 0 saturated heterocycles. The number of aryl methyl sites for hydroxylation is 2. The molecule has 0 atom stereocenters. The molecule has 9 heteroatoms. The van der Waals surface area contributed by atoms with Crippen molar-refractivity contribution in [1.29, 1.82) is 0 Å². The summed E-state index contributed by atoms with van der Waals surface area (Å²) < 4.78 is 15.2. The minimum atomic E-state index is -0.247. The highest BCUT2D eigenvalue weighted by Crippen LogP contribution is 2.34. The first-order valence-electron chi connectivity index (χ1n) is 16.8. The van der Waals surface area contributed by atoms with Crippen molar-refractivity contribution in [3.8, 4) is 28.6 Å². The number of ether oxygens (including phenoxy) is 2. The minimum absolute atomic E-state index is 0.101. The molecule has 0 aliphatic heterocycles. The number of rotatable bonds is 11. The van der Waals surface area contributed by atoms with E-state index < -0.39 is 0 Å². The van der Waals surface area contributed by atoms with Gasteiger partial charge in [-0.3, -0.25) is 9.59 Å². The van der Waals surface area contributed by atoms with Crippen LogP contribution in [0.5, 0.6) is 11.5 Å². The Morgan fingerprint density at radius 1 is 0.920 bits per heavy atom. The maximum atomic E-state index is 14.0. The maximum Gasteiger partial charge on any atom is 0.282 e. The molecule has 2 heterocycles. The second kappa shape index (κ2) is 14.7. The van der Waals surface area contributed by atoms with Gasteiger partial charge >= 0.3 is 0 Å². The summed E-state index contributed by atoms with van der Waals surface area (Å²) in [7, 11) is 0. The number of nitrogens with zero attached hydrogens (tertiary/aromatic N) is 4. The van der Waals surface area contributed by atoms with E-state index in [-0.39, 0.29) is 24.0 Å². The van der Waals surface area contributed by atoms with E-state index in [1.54, 1.807) is 12.3 Å². The number of hydrogen-bond acceptors (Lipinski definition) is 6. The van der Waals surface area contributed by atoms with Crippen molar-refractivity contribution in [2.24, 2.45) is 5.10 Å². The lowest BCUT2D eigenvalue weighted by Crippen LogP contribution is -2.21. The first-order chi connectivity index (χ1) is 24.1. The Hall–Kier alpha value is -5.96. The third kappa shape index (κ3) is 7.08. The van der Waals surface area contributed by atoms with Gasteiger partial charge in [0.2, 0.25) is 0 Å². The topological polar surface area (TPSA) is 99.7 Å². The van der Waals surface area contributed by atoms with Crippen LogP contribution in [0.4, 0.5) is 5.69 Å². The van der Waals surface area contributed by atoms with E-state index >= 15 is 0 Å². The molecule has 1 N–H and O–H groups in total. The number of aromatic nitrogens is 3. The summed E-state index contributed by atoms with van der Waals surface area (Å²) in [6.07, 6.45) is 1.72. The summed E-state index contributed by atoms with van der Waals surface area (Å²) in [4.78, 5) is 31.3. The van der Waals surface area contributed by atoms with Crippen molar-refractivity contribution >= 4 is 28.7 Å². The first kappa shape index (κ1) is 33.9. The zero-order valence-electron chi connectivity index (χ0n) is 29.2. The second-order valence-corrected chi connectivity index (χ2v) is 12.5. The number of benzene rings is 4. The summed E-state index contributed by atoms with van der Waals surface area (Å²) in [5.74, 6) is 1.85. The second-order valence-electron chi connectivity index (χ2n) is 12.5. The summed E-state index contributed by atoms with van der Waals surface area (Å²) in [5, 5.41) is 8.10. The van der Waals surface area contributed by atoms with Crippen LogP contribution < -0.4 is 20.3 Å². The maximum absolute atomic E-state index is 14.0. The van der Waals surface area contributed by atoms with Crippen molar-refractivity contribution < 1.29 is 14.3 Å². The number of carbonyl (C=O) groups is 1. The minimum Gasteiger partial charge on any atom is -0.494 e. The van der Waals surface area contributed by atoms with Gasteiger partial charge in [0, 0.05) is 33.9 Å². The van der Waals surface area contributed by atoms with E-state index in [0.717, 1.165) is 50.8 Å². The molecule has 0 spiro atoms. The smallest absolute Gasteiger partial charge is 0.282 e. The van der Waals surface area contributed by atoms with Gasteiger partial charge in [-0.15, -0.1) is 0 Å². The molecule has 0 fully saturated rings. The lowest BCUT2D eigenvalue weighted by molar-refractivity contribution is -0.118. The van der Waals surface area contributed by atoms with E-state index in [0.29, 0.717) is 29.1 Å². The van der Waals surface area contributed by atoms with Crippen LogP contribution in [-0.4, -0.2) is 39.6 Å². The molecule has 4 aromatic carbocycles. The van der Waals surface area contributed by atoms with Crippen LogP contribution in [0, 0.1) is 20.8 Å². The van der Waals surface area contributed by atoms with E-state index in [1.165, 1.54) is 4.68 Å². The van der Waals surface area contributed by atoms with Gasteiger partial charge in [-0.25, -0.2) is 4.98 Å². The fourth-order valence-electron chi connectivity index (χ4n) is 6.07. The monoisotopic (exact) mass is 667 g/mol. The van der Waals surface area contributed by atoms with Crippen molar-refractivity contribution in [2.75, 3.05) is 18.5 Å². The predicted molar refractivity (Wildman–Crippen MR) is 200 cm³/mol. The lowest BCUT2D eigenvalue weighted by atomic mass is 9.96. The molecule has 6 aromatic rings. The van der Waals surface area contributed by atoms with Crippen molar-refractivity contribution in [3.05, 3.63) is 135 Å². The molecule has 0 bridgehead atoms. The van der Waals surface area contributed by atoms with Crippen LogP contribution in [0.25, 0.3) is 28.0 Å². The zero-order chi connectivity index (χ0) is 35.4. The van der Waals surface area contributed by atoms with E-state index in [4.69, 9.17) is 19.6 Å². The average molecular weight is 668 g/mol. The molecule has 1 amide bonds. The molecule has 0 saturated carbocycles. The standard InChI is InChI=1S/C41H41N5O4/c1-7-49-38-21-27(4)36(23-35(38)26(2)3)40-44-37-16-12-11-15-34(37)41(48)46(40)42-24-30-22-28(5)45(29(30)6)32-17-19-33(20-18-32)50-25-39(47)43-31-13-9-8-10-14-31/h8-24,26H,7,25H2,1-6H3,(H,43,47). The highest BCUT2D eigenvalue weighted by Gasteiger charge is 2.19. The number of para-hydroxylation sites is 2. The fourth-order valence-corrected chi connectivity index (χ4v) is 6.07. The number of nitrogens with one attached hydrogen (secondary N) is 1. The van der Waals surface area contributed by atoms with E-state index in [1.807, 2.05) is 113 Å². The van der Waals surface area contributed by atoms with Gasteiger partial charge in [-0.2, -0.15) is 9.78 Å². The molecule has 50 heavy (non-hydrogen) atoms. The van der Waals surface area contributed by atoms with Gasteiger partial charge in [0.1, 0.15) is 11.5 Å². The molecule has 2 aromatic heterocycles. The SMILES string of the molecule is CCOc1cc(C)c(-c2nc3ccccc3c(=O)n2N=Cc2cc(C)n(-c3ccc(OCC(=O)Nc4ccccc4)cc3)c2C)cc1C(C)C. The fraction of sp³-hybridized carbons (Fsp3) is 0.220. The summed E-state index contributed by atoms with van der Waals surface area (Å²) in [6, 6.07) is 30.3. The summed E-state index contributed by atoms with van der Waals surface area (Å²) in [6.45, 7) is 12.7. The Balaban J connectivity index is 1.31. The average Bonchev–Trinajstić information content (AvgIpc) is 3.39. The number of hydrogen-bond donors (Lipinski definition) is 1. The van der Waals surface area contributed by atoms with Crippen LogP contribution in [-0.2, 0) is 4.79 Å². The van der Waals surface area contributed by atoms with Crippen LogP contribution in [0.3, 0.4) is 0 Å². The Morgan fingerprint density at radius 2 is 1.64 bits per heavy atom. The molecular formula is C41H41N5O4. The molecule has 0 unspecified atom stereocenters. The van der Waals surface area contributed by atoms with Gasteiger partial charge in [0.25, 0.3) is 11.5 Å².